The lowest BCUT2D eigenvalue weighted by Gasteiger charge is -2.50. The van der Waals surface area contributed by atoms with Crippen molar-refractivity contribution in [3.8, 4) is 11.5 Å². The predicted molar refractivity (Wildman–Crippen MR) is 113 cm³/mol. The number of hydrogen-bond acceptors (Lipinski definition) is 6. The van der Waals surface area contributed by atoms with E-state index in [1.54, 1.807) is 36.4 Å². The molecule has 160 valence electrons. The molecule has 30 heavy (non-hydrogen) atoms. The molecule has 1 fully saturated rings. The smallest absolute Gasteiger partial charge is 0.310 e. The second kappa shape index (κ2) is 9.14. The van der Waals surface area contributed by atoms with Crippen molar-refractivity contribution in [2.75, 3.05) is 28.4 Å². The van der Waals surface area contributed by atoms with Crippen LogP contribution in [0, 0.1) is 11.8 Å². The van der Waals surface area contributed by atoms with Crippen LogP contribution in [0.5, 0.6) is 11.5 Å². The van der Waals surface area contributed by atoms with E-state index in [-0.39, 0.29) is 0 Å². The monoisotopic (exact) mass is 452 g/mol. The average Bonchev–Trinajstić information content (AvgIpc) is 2.74. The second-order valence-corrected chi connectivity index (χ2v) is 7.68. The number of benzene rings is 2. The fourth-order valence-electron chi connectivity index (χ4n) is 4.36. The molecule has 0 saturated heterocycles. The van der Waals surface area contributed by atoms with Gasteiger partial charge in [0.25, 0.3) is 0 Å². The minimum absolute atomic E-state index is 0.410. The molecule has 0 unspecified atom stereocenters. The Labute approximate surface area is 185 Å². The summed E-state index contributed by atoms with van der Waals surface area (Å²) in [6, 6.07) is 10.4. The van der Waals surface area contributed by atoms with E-state index in [0.29, 0.717) is 32.7 Å². The number of rotatable bonds is 6. The molecule has 0 aliphatic heterocycles. The van der Waals surface area contributed by atoms with Crippen LogP contribution >= 0.6 is 23.2 Å². The fourth-order valence-corrected chi connectivity index (χ4v) is 4.95. The Bertz CT molecular complexity index is 883. The van der Waals surface area contributed by atoms with E-state index in [2.05, 4.69) is 0 Å². The summed E-state index contributed by atoms with van der Waals surface area (Å²) < 4.78 is 21.1. The molecule has 0 heterocycles. The quantitative estimate of drug-likeness (QED) is 0.602. The van der Waals surface area contributed by atoms with Crippen LogP contribution in [0.3, 0.4) is 0 Å². The lowest BCUT2D eigenvalue weighted by molar-refractivity contribution is -0.168. The predicted octanol–water partition coefficient (Wildman–Crippen LogP) is 4.47. The van der Waals surface area contributed by atoms with Gasteiger partial charge in [0.2, 0.25) is 0 Å². The van der Waals surface area contributed by atoms with Crippen LogP contribution in [0.15, 0.2) is 36.4 Å². The Morgan fingerprint density at radius 1 is 0.700 bits per heavy atom. The molecule has 1 aliphatic carbocycles. The first-order chi connectivity index (χ1) is 14.4. The zero-order valence-electron chi connectivity index (χ0n) is 17.0. The van der Waals surface area contributed by atoms with Gasteiger partial charge >= 0.3 is 11.9 Å². The summed E-state index contributed by atoms with van der Waals surface area (Å²) in [6.07, 6.45) is 0. The molecular formula is C22H22Cl2O6. The summed E-state index contributed by atoms with van der Waals surface area (Å²) in [5.74, 6) is -2.83. The molecule has 6 nitrogen and oxygen atoms in total. The van der Waals surface area contributed by atoms with Crippen molar-refractivity contribution in [1.29, 1.82) is 0 Å². The molecule has 0 spiro atoms. The van der Waals surface area contributed by atoms with E-state index in [4.69, 9.17) is 42.1 Å². The van der Waals surface area contributed by atoms with Gasteiger partial charge < -0.3 is 18.9 Å². The molecule has 0 bridgehead atoms. The Kier molecular flexibility index (Phi) is 6.78. The van der Waals surface area contributed by atoms with Crippen molar-refractivity contribution in [3.63, 3.8) is 0 Å². The van der Waals surface area contributed by atoms with E-state index in [1.807, 2.05) is 0 Å². The van der Waals surface area contributed by atoms with Crippen molar-refractivity contribution in [2.24, 2.45) is 11.8 Å². The minimum Gasteiger partial charge on any atom is -0.496 e. The van der Waals surface area contributed by atoms with Crippen molar-refractivity contribution in [2.45, 2.75) is 11.8 Å². The Morgan fingerprint density at radius 2 is 1.07 bits per heavy atom. The standard InChI is InChI=1S/C22H22Cl2O6/c1-27-13-9-5-7-11(23)15(13)17-18(16-12(24)8-6-10-14(16)28-2)20(22(26)30-4)19(17)21(25)29-3/h5-10,17-20H,1-4H3/t17-,18+,19+,20-. The van der Waals surface area contributed by atoms with Crippen molar-refractivity contribution < 1.29 is 28.5 Å². The third kappa shape index (κ3) is 3.59. The number of esters is 2. The number of methoxy groups -OCH3 is 4. The number of ether oxygens (including phenoxy) is 4. The van der Waals surface area contributed by atoms with Crippen LogP contribution in [0.2, 0.25) is 10.0 Å². The molecule has 2 aromatic carbocycles. The lowest BCUT2D eigenvalue weighted by Crippen LogP contribution is -2.52. The fraction of sp³-hybridized carbons (Fsp3) is 0.364. The van der Waals surface area contributed by atoms with Gasteiger partial charge in [-0.15, -0.1) is 0 Å². The van der Waals surface area contributed by atoms with Gasteiger partial charge in [0.15, 0.2) is 0 Å². The van der Waals surface area contributed by atoms with Crippen molar-refractivity contribution >= 4 is 35.1 Å². The first-order valence-corrected chi connectivity index (χ1v) is 9.97. The molecule has 0 aromatic heterocycles. The van der Waals surface area contributed by atoms with Gasteiger partial charge in [-0.05, 0) is 24.3 Å². The van der Waals surface area contributed by atoms with Gasteiger partial charge in [-0.25, -0.2) is 0 Å². The van der Waals surface area contributed by atoms with Crippen molar-refractivity contribution in [1.82, 2.24) is 0 Å². The molecule has 1 aliphatic rings. The minimum atomic E-state index is -0.831. The van der Waals surface area contributed by atoms with Crippen LogP contribution < -0.4 is 9.47 Å². The molecule has 4 atom stereocenters. The van der Waals surface area contributed by atoms with E-state index >= 15 is 0 Å². The highest BCUT2D eigenvalue weighted by Gasteiger charge is 2.61. The SMILES string of the molecule is COC(=O)[C@@H]1[C@H](C(=O)OC)[C@@H](c2c(Cl)cccc2OC)[C@H]1c1c(Cl)cccc1OC. The van der Waals surface area contributed by atoms with Gasteiger partial charge in [-0.1, -0.05) is 35.3 Å². The topological polar surface area (TPSA) is 71.1 Å². The summed E-state index contributed by atoms with van der Waals surface area (Å²) in [7, 11) is 5.59. The van der Waals surface area contributed by atoms with Gasteiger partial charge in [0, 0.05) is 33.0 Å². The summed E-state index contributed by atoms with van der Waals surface area (Å²) in [6.45, 7) is 0. The molecule has 2 aromatic rings. The first-order valence-electron chi connectivity index (χ1n) is 9.21. The number of hydrogen-bond donors (Lipinski definition) is 0. The van der Waals surface area contributed by atoms with Gasteiger partial charge in [0.1, 0.15) is 11.5 Å². The highest BCUT2D eigenvalue weighted by atomic mass is 35.5. The van der Waals surface area contributed by atoms with Crippen LogP contribution in [-0.2, 0) is 19.1 Å². The molecule has 3 rings (SSSR count). The van der Waals surface area contributed by atoms with Crippen LogP contribution in [-0.4, -0.2) is 40.4 Å². The third-order valence-corrected chi connectivity index (χ3v) is 6.29. The van der Waals surface area contributed by atoms with Crippen molar-refractivity contribution in [3.05, 3.63) is 57.6 Å². The van der Waals surface area contributed by atoms with Crippen LogP contribution in [0.4, 0.5) is 0 Å². The summed E-state index contributed by atoms with van der Waals surface area (Å²) in [5, 5.41) is 0.820. The lowest BCUT2D eigenvalue weighted by atomic mass is 9.52. The normalized spacial score (nSPS) is 22.6. The zero-order valence-corrected chi connectivity index (χ0v) is 18.5. The maximum atomic E-state index is 12.8. The Hall–Kier alpha value is -2.44. The van der Waals surface area contributed by atoms with Gasteiger partial charge in [-0.2, -0.15) is 0 Å². The molecule has 1 saturated carbocycles. The van der Waals surface area contributed by atoms with Crippen LogP contribution in [0.25, 0.3) is 0 Å². The van der Waals surface area contributed by atoms with E-state index in [9.17, 15) is 9.59 Å². The third-order valence-electron chi connectivity index (χ3n) is 5.63. The highest BCUT2D eigenvalue weighted by molar-refractivity contribution is 6.32. The molecule has 0 N–H and O–H groups in total. The number of carbonyl (C=O) groups excluding carboxylic acids is 2. The van der Waals surface area contributed by atoms with Gasteiger partial charge in [-0.3, -0.25) is 9.59 Å². The second-order valence-electron chi connectivity index (χ2n) is 6.86. The first kappa shape index (κ1) is 22.2. The van der Waals surface area contributed by atoms with Crippen LogP contribution in [0.1, 0.15) is 23.0 Å². The zero-order chi connectivity index (χ0) is 22.0. The van der Waals surface area contributed by atoms with E-state index in [1.165, 1.54) is 28.4 Å². The summed E-state index contributed by atoms with van der Waals surface area (Å²) >= 11 is 13.1. The molecular weight excluding hydrogens is 431 g/mol. The molecule has 8 heteroatoms. The average molecular weight is 453 g/mol. The summed E-state index contributed by atoms with van der Waals surface area (Å²) in [5.41, 5.74) is 1.20. The molecule has 0 amide bonds. The van der Waals surface area contributed by atoms with E-state index < -0.39 is 35.6 Å². The summed E-state index contributed by atoms with van der Waals surface area (Å²) in [4.78, 5) is 25.5. The Morgan fingerprint density at radius 3 is 1.37 bits per heavy atom. The highest BCUT2D eigenvalue weighted by Crippen LogP contribution is 2.63. The Balaban J connectivity index is 2.28. The molecule has 0 radical (unpaired) electrons. The van der Waals surface area contributed by atoms with E-state index in [0.717, 1.165) is 0 Å². The van der Waals surface area contributed by atoms with Gasteiger partial charge in [0.05, 0.1) is 40.3 Å². The largest absolute Gasteiger partial charge is 0.496 e. The number of carbonyl (C=O) groups is 2. The maximum absolute atomic E-state index is 12.8. The maximum Gasteiger partial charge on any atom is 0.310 e. The number of halogens is 2.